The average molecular weight is 517 g/mol. The van der Waals surface area contributed by atoms with Gasteiger partial charge in [-0.05, 0) is 68.2 Å². The van der Waals surface area contributed by atoms with Crippen molar-refractivity contribution in [2.24, 2.45) is 10.9 Å². The first-order valence-electron chi connectivity index (χ1n) is 13.0. The van der Waals surface area contributed by atoms with Gasteiger partial charge < -0.3 is 14.2 Å². The molecule has 3 unspecified atom stereocenters. The van der Waals surface area contributed by atoms with Crippen LogP contribution in [0.4, 0.5) is 5.69 Å². The van der Waals surface area contributed by atoms with Crippen LogP contribution in [0.15, 0.2) is 58.7 Å². The number of non-ortho nitro benzene ring substituents is 1. The van der Waals surface area contributed by atoms with Gasteiger partial charge in [-0.15, -0.1) is 0 Å². The van der Waals surface area contributed by atoms with Crippen LogP contribution in [0.5, 0.6) is 11.5 Å². The van der Waals surface area contributed by atoms with Crippen molar-refractivity contribution >= 4 is 23.2 Å². The summed E-state index contributed by atoms with van der Waals surface area (Å²) in [7, 11) is 0. The van der Waals surface area contributed by atoms with Crippen molar-refractivity contribution in [3.05, 3.63) is 75.0 Å². The fourth-order valence-electron chi connectivity index (χ4n) is 6.20. The molecule has 1 saturated carbocycles. The summed E-state index contributed by atoms with van der Waals surface area (Å²) in [5.74, 6) is -0.824. The molecule has 0 amide bonds. The summed E-state index contributed by atoms with van der Waals surface area (Å²) in [4.78, 5) is 43.2. The van der Waals surface area contributed by atoms with E-state index in [1.807, 2.05) is 18.2 Å². The third kappa shape index (κ3) is 4.36. The Labute approximate surface area is 219 Å². The minimum Gasteiger partial charge on any atom is -0.462 e. The van der Waals surface area contributed by atoms with Gasteiger partial charge in [-0.3, -0.25) is 24.7 Å². The van der Waals surface area contributed by atoms with Crippen LogP contribution in [0, 0.1) is 16.0 Å². The predicted octanol–water partition coefficient (Wildman–Crippen LogP) is 5.38. The summed E-state index contributed by atoms with van der Waals surface area (Å²) < 4.78 is 16.8. The van der Waals surface area contributed by atoms with Crippen LogP contribution in [0.25, 0.3) is 0 Å². The predicted molar refractivity (Wildman–Crippen MR) is 137 cm³/mol. The molecule has 0 spiro atoms. The number of carbonyl (C=O) groups is 2. The average Bonchev–Trinajstić information content (AvgIpc) is 3.59. The summed E-state index contributed by atoms with van der Waals surface area (Å²) in [6.07, 6.45) is 4.27. The maximum atomic E-state index is 13.8. The van der Waals surface area contributed by atoms with Gasteiger partial charge in [0.1, 0.15) is 12.0 Å². The van der Waals surface area contributed by atoms with Crippen LogP contribution < -0.4 is 9.47 Å². The minimum absolute atomic E-state index is 0.0887. The lowest BCUT2D eigenvalue weighted by Gasteiger charge is -2.36. The Morgan fingerprint density at radius 2 is 1.84 bits per heavy atom. The number of ketones is 1. The number of aliphatic imine (C=N–C) groups is 1. The number of hydrogen-bond donors (Lipinski definition) is 0. The van der Waals surface area contributed by atoms with E-state index in [2.05, 4.69) is 0 Å². The Morgan fingerprint density at radius 3 is 2.63 bits per heavy atom. The molecule has 2 aliphatic heterocycles. The highest BCUT2D eigenvalue weighted by Gasteiger charge is 2.45. The molecule has 0 radical (unpaired) electrons. The minimum atomic E-state index is -0.817. The van der Waals surface area contributed by atoms with Gasteiger partial charge in [-0.2, -0.15) is 0 Å². The summed E-state index contributed by atoms with van der Waals surface area (Å²) in [5.41, 5.74) is 3.06. The molecule has 9 heteroatoms. The molecular weight excluding hydrogens is 488 g/mol. The maximum absolute atomic E-state index is 13.8. The molecule has 9 nitrogen and oxygen atoms in total. The number of benzene rings is 2. The van der Waals surface area contributed by atoms with E-state index in [1.165, 1.54) is 12.1 Å². The summed E-state index contributed by atoms with van der Waals surface area (Å²) in [6, 6.07) is 11.9. The van der Waals surface area contributed by atoms with E-state index >= 15 is 0 Å². The first-order valence-corrected chi connectivity index (χ1v) is 13.0. The van der Waals surface area contributed by atoms with Gasteiger partial charge in [0.2, 0.25) is 6.79 Å². The van der Waals surface area contributed by atoms with E-state index in [-0.39, 0.29) is 36.7 Å². The van der Waals surface area contributed by atoms with Crippen LogP contribution >= 0.6 is 0 Å². The van der Waals surface area contributed by atoms with E-state index < -0.39 is 22.7 Å². The van der Waals surface area contributed by atoms with Crippen LogP contribution in [0.3, 0.4) is 0 Å². The van der Waals surface area contributed by atoms with Gasteiger partial charge in [-0.25, -0.2) is 0 Å². The Hall–Kier alpha value is -4.01. The zero-order valence-corrected chi connectivity index (χ0v) is 21.1. The molecule has 4 aliphatic rings. The van der Waals surface area contributed by atoms with Gasteiger partial charge in [0.15, 0.2) is 17.3 Å². The van der Waals surface area contributed by atoms with E-state index in [0.717, 1.165) is 31.2 Å². The lowest BCUT2D eigenvalue weighted by Crippen LogP contribution is -2.39. The Kier molecular flexibility index (Phi) is 6.21. The second-order valence-electron chi connectivity index (χ2n) is 10.4. The molecule has 0 aromatic heterocycles. The largest absolute Gasteiger partial charge is 0.462 e. The van der Waals surface area contributed by atoms with Crippen LogP contribution in [0.2, 0.25) is 0 Å². The number of nitrogens with zero attached hydrogens (tertiary/aromatic N) is 2. The number of ether oxygens (including phenoxy) is 3. The van der Waals surface area contributed by atoms with Gasteiger partial charge in [0.25, 0.3) is 5.69 Å². The SMILES string of the molecule is CC1=NC2=C(C(=O)CC(c3ccc4c(c3)OCO4)C2)C(c2cccc([N+](=O)[O-])c2)C1C(=O)OC1CCCC1. The molecule has 3 atom stereocenters. The highest BCUT2D eigenvalue weighted by atomic mass is 16.7. The van der Waals surface area contributed by atoms with E-state index in [1.54, 1.807) is 19.1 Å². The molecule has 196 valence electrons. The molecule has 0 N–H and O–H groups in total. The van der Waals surface area contributed by atoms with Crippen molar-refractivity contribution < 1.29 is 28.7 Å². The van der Waals surface area contributed by atoms with Gasteiger partial charge in [-0.1, -0.05) is 18.2 Å². The van der Waals surface area contributed by atoms with Crippen molar-refractivity contribution in [2.45, 2.75) is 63.4 Å². The molecule has 2 heterocycles. The van der Waals surface area contributed by atoms with Gasteiger partial charge in [0, 0.05) is 41.5 Å². The molecule has 2 aromatic rings. The van der Waals surface area contributed by atoms with Crippen LogP contribution in [-0.4, -0.2) is 35.3 Å². The number of esters is 1. The van der Waals surface area contributed by atoms with Crippen molar-refractivity contribution in [3.8, 4) is 11.5 Å². The molecule has 1 fully saturated rings. The number of hydrogen-bond acceptors (Lipinski definition) is 8. The Morgan fingerprint density at radius 1 is 1.05 bits per heavy atom. The number of fused-ring (bicyclic) bond motifs is 1. The third-order valence-corrected chi connectivity index (χ3v) is 8.04. The van der Waals surface area contributed by atoms with Crippen LogP contribution in [-0.2, 0) is 14.3 Å². The van der Waals surface area contributed by atoms with Gasteiger partial charge >= 0.3 is 5.97 Å². The van der Waals surface area contributed by atoms with Crippen LogP contribution in [0.1, 0.15) is 68.4 Å². The second kappa shape index (κ2) is 9.70. The zero-order valence-electron chi connectivity index (χ0n) is 21.1. The first kappa shape index (κ1) is 24.3. The number of Topliss-reactive ketones (excluding diaryl/α,β-unsaturated/α-hetero) is 1. The smallest absolute Gasteiger partial charge is 0.315 e. The zero-order chi connectivity index (χ0) is 26.4. The number of allylic oxidation sites excluding steroid dienone is 2. The Balaban J connectivity index is 1.39. The summed E-state index contributed by atoms with van der Waals surface area (Å²) in [5, 5.41) is 11.6. The monoisotopic (exact) mass is 516 g/mol. The molecule has 2 aliphatic carbocycles. The third-order valence-electron chi connectivity index (χ3n) is 8.04. The maximum Gasteiger partial charge on any atom is 0.315 e. The number of carbonyl (C=O) groups excluding carboxylic acids is 2. The number of nitro benzene ring substituents is 1. The topological polar surface area (TPSA) is 117 Å². The van der Waals surface area contributed by atoms with Crippen molar-refractivity contribution in [3.63, 3.8) is 0 Å². The standard InChI is InChI=1S/C29H28N2O7/c1-16-26(29(33)38-21-7-2-3-8-21)27(18-5-4-6-20(11-18)31(34)35)28-22(30-16)12-19(13-23(28)32)17-9-10-24-25(14-17)37-15-36-24/h4-6,9-11,14,19,21,26-27H,2-3,7-8,12-13,15H2,1H3. The summed E-state index contributed by atoms with van der Waals surface area (Å²) in [6.45, 7) is 1.95. The highest BCUT2D eigenvalue weighted by Crippen LogP contribution is 2.48. The van der Waals surface area contributed by atoms with Gasteiger partial charge in [0.05, 0.1) is 4.92 Å². The van der Waals surface area contributed by atoms with Crippen molar-refractivity contribution in [1.82, 2.24) is 0 Å². The van der Waals surface area contributed by atoms with Crippen molar-refractivity contribution in [2.75, 3.05) is 6.79 Å². The van der Waals surface area contributed by atoms with E-state index in [4.69, 9.17) is 19.2 Å². The fraction of sp³-hybridized carbons (Fsp3) is 0.414. The highest BCUT2D eigenvalue weighted by molar-refractivity contribution is 6.09. The molecular formula is C29H28N2O7. The summed E-state index contributed by atoms with van der Waals surface area (Å²) >= 11 is 0. The molecule has 38 heavy (non-hydrogen) atoms. The normalized spacial score (nSPS) is 24.7. The molecule has 0 bridgehead atoms. The first-order chi connectivity index (χ1) is 18.4. The fourth-order valence-corrected chi connectivity index (χ4v) is 6.20. The lowest BCUT2D eigenvalue weighted by atomic mass is 9.69. The quantitative estimate of drug-likeness (QED) is 0.297. The molecule has 0 saturated heterocycles. The second-order valence-corrected chi connectivity index (χ2v) is 10.4. The van der Waals surface area contributed by atoms with Crippen molar-refractivity contribution in [1.29, 1.82) is 0 Å². The number of nitro groups is 1. The number of rotatable bonds is 5. The van der Waals surface area contributed by atoms with E-state index in [0.29, 0.717) is 40.5 Å². The molecule has 6 rings (SSSR count). The lowest BCUT2D eigenvalue weighted by molar-refractivity contribution is -0.384. The molecule has 2 aromatic carbocycles. The Bertz CT molecular complexity index is 1390. The van der Waals surface area contributed by atoms with E-state index in [9.17, 15) is 19.7 Å².